The Labute approximate surface area is 140 Å². The zero-order chi connectivity index (χ0) is 16.2. The third kappa shape index (κ3) is 3.96. The van der Waals surface area contributed by atoms with Crippen LogP contribution in [0.4, 0.5) is 4.39 Å². The Morgan fingerprint density at radius 3 is 2.83 bits per heavy atom. The summed E-state index contributed by atoms with van der Waals surface area (Å²) in [5.41, 5.74) is 2.02. The number of carbonyl (C=O) groups is 1. The van der Waals surface area contributed by atoms with Gasteiger partial charge in [0, 0.05) is 24.0 Å². The van der Waals surface area contributed by atoms with E-state index in [0.717, 1.165) is 42.1 Å². The summed E-state index contributed by atoms with van der Waals surface area (Å²) in [5.74, 6) is -0.0674. The monoisotopic (exact) mass is 332 g/mol. The minimum Gasteiger partial charge on any atom is -0.333 e. The van der Waals surface area contributed by atoms with Gasteiger partial charge in [-0.15, -0.1) is 11.3 Å². The second kappa shape index (κ2) is 7.21. The lowest BCUT2D eigenvalue weighted by Gasteiger charge is -2.34. The van der Waals surface area contributed by atoms with Gasteiger partial charge in [0.25, 0.3) is 0 Å². The highest BCUT2D eigenvalue weighted by Gasteiger charge is 2.29. The molecule has 0 N–H and O–H groups in total. The van der Waals surface area contributed by atoms with E-state index in [-0.39, 0.29) is 17.8 Å². The van der Waals surface area contributed by atoms with Gasteiger partial charge < -0.3 is 4.90 Å². The highest BCUT2D eigenvalue weighted by atomic mass is 32.1. The molecule has 0 radical (unpaired) electrons. The first-order chi connectivity index (χ1) is 11.1. The lowest BCUT2D eigenvalue weighted by molar-refractivity contribution is -0.135. The molecule has 2 heterocycles. The molecule has 0 aliphatic carbocycles. The molecule has 1 unspecified atom stereocenters. The molecular formula is C18H21FN2OS. The van der Waals surface area contributed by atoms with Gasteiger partial charge in [0.15, 0.2) is 0 Å². The smallest absolute Gasteiger partial charge is 0.223 e. The van der Waals surface area contributed by atoms with Crippen LogP contribution in [0.2, 0.25) is 0 Å². The van der Waals surface area contributed by atoms with Crippen LogP contribution < -0.4 is 0 Å². The average Bonchev–Trinajstić information content (AvgIpc) is 3.00. The van der Waals surface area contributed by atoms with E-state index in [0.29, 0.717) is 12.8 Å². The number of amides is 1. The van der Waals surface area contributed by atoms with E-state index in [2.05, 4.69) is 4.98 Å². The van der Waals surface area contributed by atoms with Gasteiger partial charge in [0.1, 0.15) is 10.8 Å². The van der Waals surface area contributed by atoms with E-state index >= 15 is 0 Å². The molecule has 1 fully saturated rings. The molecule has 5 heteroatoms. The van der Waals surface area contributed by atoms with Gasteiger partial charge in [-0.1, -0.05) is 12.1 Å². The molecule has 122 valence electrons. The Morgan fingerprint density at radius 2 is 2.13 bits per heavy atom. The van der Waals surface area contributed by atoms with E-state index in [4.69, 9.17) is 0 Å². The Morgan fingerprint density at radius 1 is 1.35 bits per heavy atom. The molecule has 3 nitrogen and oxygen atoms in total. The van der Waals surface area contributed by atoms with E-state index in [1.807, 2.05) is 17.2 Å². The van der Waals surface area contributed by atoms with Crippen molar-refractivity contribution in [2.75, 3.05) is 6.54 Å². The molecule has 2 aromatic rings. The van der Waals surface area contributed by atoms with Crippen molar-refractivity contribution in [2.45, 2.75) is 45.1 Å². The SMILES string of the molecule is Cc1csc(C2CCCCN2C(=O)CCc2ccc(F)cc2)n1. The highest BCUT2D eigenvalue weighted by Crippen LogP contribution is 2.33. The second-order valence-corrected chi connectivity index (χ2v) is 6.94. The van der Waals surface area contributed by atoms with Gasteiger partial charge >= 0.3 is 0 Å². The molecule has 0 spiro atoms. The van der Waals surface area contributed by atoms with Gasteiger partial charge in [0.05, 0.1) is 6.04 Å². The number of thiazole rings is 1. The number of aryl methyl sites for hydroxylation is 2. The summed E-state index contributed by atoms with van der Waals surface area (Å²) in [5, 5.41) is 3.10. The van der Waals surface area contributed by atoms with Crippen LogP contribution in [0.3, 0.4) is 0 Å². The van der Waals surface area contributed by atoms with Gasteiger partial charge in [-0.3, -0.25) is 4.79 Å². The van der Waals surface area contributed by atoms with Crippen LogP contribution in [0.25, 0.3) is 0 Å². The molecule has 1 aromatic heterocycles. The summed E-state index contributed by atoms with van der Waals surface area (Å²) in [4.78, 5) is 19.2. The van der Waals surface area contributed by atoms with Crippen molar-refractivity contribution in [2.24, 2.45) is 0 Å². The lowest BCUT2D eigenvalue weighted by Crippen LogP contribution is -2.38. The van der Waals surface area contributed by atoms with E-state index in [9.17, 15) is 9.18 Å². The fourth-order valence-corrected chi connectivity index (χ4v) is 4.00. The van der Waals surface area contributed by atoms with Gasteiger partial charge in [-0.25, -0.2) is 9.37 Å². The third-order valence-corrected chi connectivity index (χ3v) is 5.35. The topological polar surface area (TPSA) is 33.2 Å². The Balaban J connectivity index is 1.65. The van der Waals surface area contributed by atoms with Crippen molar-refractivity contribution in [1.29, 1.82) is 0 Å². The fraction of sp³-hybridized carbons (Fsp3) is 0.444. The first-order valence-electron chi connectivity index (χ1n) is 8.09. The molecule has 3 rings (SSSR count). The molecule has 1 amide bonds. The first kappa shape index (κ1) is 16.1. The zero-order valence-electron chi connectivity index (χ0n) is 13.3. The van der Waals surface area contributed by atoms with Gasteiger partial charge in [0.2, 0.25) is 5.91 Å². The third-order valence-electron chi connectivity index (χ3n) is 4.29. The zero-order valence-corrected chi connectivity index (χ0v) is 14.1. The number of hydrogen-bond donors (Lipinski definition) is 0. The van der Waals surface area contributed by atoms with Crippen LogP contribution in [0.5, 0.6) is 0 Å². The molecule has 1 aromatic carbocycles. The van der Waals surface area contributed by atoms with Crippen molar-refractivity contribution in [3.63, 3.8) is 0 Å². The number of likely N-dealkylation sites (tertiary alicyclic amines) is 1. The predicted molar refractivity (Wildman–Crippen MR) is 89.9 cm³/mol. The number of benzene rings is 1. The van der Waals surface area contributed by atoms with E-state index in [1.165, 1.54) is 12.1 Å². The van der Waals surface area contributed by atoms with E-state index in [1.54, 1.807) is 23.5 Å². The van der Waals surface area contributed by atoms with Crippen molar-refractivity contribution in [1.82, 2.24) is 9.88 Å². The number of rotatable bonds is 4. The van der Waals surface area contributed by atoms with E-state index < -0.39 is 0 Å². The molecule has 1 atom stereocenters. The molecule has 1 aliphatic heterocycles. The summed E-state index contributed by atoms with van der Waals surface area (Å²) >= 11 is 1.65. The summed E-state index contributed by atoms with van der Waals surface area (Å²) in [7, 11) is 0. The Kier molecular flexibility index (Phi) is 5.06. The van der Waals surface area contributed by atoms with Crippen LogP contribution in [0.15, 0.2) is 29.6 Å². The molecular weight excluding hydrogens is 311 g/mol. The van der Waals surface area contributed by atoms with Crippen molar-refractivity contribution >= 4 is 17.2 Å². The van der Waals surface area contributed by atoms with Crippen molar-refractivity contribution in [3.8, 4) is 0 Å². The predicted octanol–water partition coefficient (Wildman–Crippen LogP) is 4.28. The van der Waals surface area contributed by atoms with Crippen molar-refractivity contribution < 1.29 is 9.18 Å². The minimum absolute atomic E-state index is 0.128. The van der Waals surface area contributed by atoms with Crippen LogP contribution in [0.1, 0.15) is 48.0 Å². The van der Waals surface area contributed by atoms with Crippen molar-refractivity contribution in [3.05, 3.63) is 51.7 Å². The van der Waals surface area contributed by atoms with Crippen LogP contribution >= 0.6 is 11.3 Å². The number of hydrogen-bond acceptors (Lipinski definition) is 3. The van der Waals surface area contributed by atoms with Crippen LogP contribution in [-0.4, -0.2) is 22.3 Å². The molecule has 0 bridgehead atoms. The average molecular weight is 332 g/mol. The number of aromatic nitrogens is 1. The number of halogens is 1. The van der Waals surface area contributed by atoms with Gasteiger partial charge in [-0.05, 0) is 50.3 Å². The fourth-order valence-electron chi connectivity index (χ4n) is 3.06. The minimum atomic E-state index is -0.240. The normalized spacial score (nSPS) is 18.2. The largest absolute Gasteiger partial charge is 0.333 e. The van der Waals surface area contributed by atoms with Gasteiger partial charge in [-0.2, -0.15) is 0 Å². The highest BCUT2D eigenvalue weighted by molar-refractivity contribution is 7.09. The summed E-state index contributed by atoms with van der Waals surface area (Å²) < 4.78 is 12.9. The maximum atomic E-state index is 12.9. The molecule has 23 heavy (non-hydrogen) atoms. The quantitative estimate of drug-likeness (QED) is 0.837. The summed E-state index contributed by atoms with van der Waals surface area (Å²) in [6, 6.07) is 6.52. The molecule has 1 saturated heterocycles. The van der Waals surface area contributed by atoms with Crippen LogP contribution in [0, 0.1) is 12.7 Å². The number of carbonyl (C=O) groups excluding carboxylic acids is 1. The molecule has 0 saturated carbocycles. The molecule has 1 aliphatic rings. The first-order valence-corrected chi connectivity index (χ1v) is 8.97. The summed E-state index contributed by atoms with van der Waals surface area (Å²) in [6.45, 7) is 2.80. The number of piperidine rings is 1. The Bertz CT molecular complexity index is 668. The number of nitrogens with zero attached hydrogens (tertiary/aromatic N) is 2. The van der Waals surface area contributed by atoms with Crippen LogP contribution in [-0.2, 0) is 11.2 Å². The lowest BCUT2D eigenvalue weighted by atomic mass is 10.0. The maximum absolute atomic E-state index is 12.9. The standard InChI is InChI=1S/C18H21FN2OS/c1-13-12-23-18(20-13)16-4-2-3-11-21(16)17(22)10-7-14-5-8-15(19)9-6-14/h5-6,8-9,12,16H,2-4,7,10-11H2,1H3. The Hall–Kier alpha value is -1.75. The second-order valence-electron chi connectivity index (χ2n) is 6.05. The summed E-state index contributed by atoms with van der Waals surface area (Å²) in [6.07, 6.45) is 4.31. The maximum Gasteiger partial charge on any atom is 0.223 e.